The average Bonchev–Trinajstić information content (AvgIpc) is 2.86. The zero-order chi connectivity index (χ0) is 13.4. The van der Waals surface area contributed by atoms with Crippen LogP contribution in [0.1, 0.15) is 24.8 Å². The molecule has 1 saturated heterocycles. The predicted molar refractivity (Wildman–Crippen MR) is 65.8 cm³/mol. The Labute approximate surface area is 110 Å². The van der Waals surface area contributed by atoms with Crippen molar-refractivity contribution in [1.29, 1.82) is 5.26 Å². The van der Waals surface area contributed by atoms with E-state index < -0.39 is 11.6 Å². The zero-order valence-electron chi connectivity index (χ0n) is 10.4. The minimum Gasteiger partial charge on any atom is -0.374 e. The van der Waals surface area contributed by atoms with Crippen molar-refractivity contribution in [2.75, 3.05) is 18.1 Å². The van der Waals surface area contributed by atoms with Crippen LogP contribution in [-0.2, 0) is 4.74 Å². The van der Waals surface area contributed by atoms with E-state index in [-0.39, 0.29) is 23.4 Å². The summed E-state index contributed by atoms with van der Waals surface area (Å²) >= 11 is 0. The minimum atomic E-state index is -0.663. The number of nitrogens with zero attached hydrogens (tertiary/aromatic N) is 2. The van der Waals surface area contributed by atoms with Gasteiger partial charge in [-0.05, 0) is 31.4 Å². The fourth-order valence-electron chi connectivity index (χ4n) is 3.11. The van der Waals surface area contributed by atoms with Crippen LogP contribution in [0.2, 0.25) is 0 Å². The summed E-state index contributed by atoms with van der Waals surface area (Å²) in [5.41, 5.74) is -0.00539. The third kappa shape index (κ3) is 2.06. The molecule has 0 bridgehead atoms. The van der Waals surface area contributed by atoms with Gasteiger partial charge in [0, 0.05) is 6.54 Å². The molecule has 0 radical (unpaired) electrons. The Balaban J connectivity index is 1.99. The molecule has 0 amide bonds. The van der Waals surface area contributed by atoms with Gasteiger partial charge in [0.25, 0.3) is 0 Å². The Morgan fingerprint density at radius 3 is 2.68 bits per heavy atom. The molecule has 0 N–H and O–H groups in total. The number of hydrogen-bond acceptors (Lipinski definition) is 3. The smallest absolute Gasteiger partial charge is 0.150 e. The molecule has 3 rings (SSSR count). The summed E-state index contributed by atoms with van der Waals surface area (Å²) < 4.78 is 33.8. The van der Waals surface area contributed by atoms with E-state index >= 15 is 0 Å². The number of fused-ring (bicyclic) bond motifs is 1. The molecule has 5 heteroatoms. The number of nitriles is 1. The lowest BCUT2D eigenvalue weighted by Gasteiger charge is -2.39. The van der Waals surface area contributed by atoms with Crippen LogP contribution in [0.4, 0.5) is 14.5 Å². The molecule has 2 aliphatic rings. The van der Waals surface area contributed by atoms with Gasteiger partial charge in [-0.2, -0.15) is 5.26 Å². The second-order valence-corrected chi connectivity index (χ2v) is 5.00. The van der Waals surface area contributed by atoms with Crippen molar-refractivity contribution in [3.63, 3.8) is 0 Å². The molecule has 2 atom stereocenters. The summed E-state index contributed by atoms with van der Waals surface area (Å²) in [5, 5.41) is 8.72. The van der Waals surface area contributed by atoms with Crippen molar-refractivity contribution in [1.82, 2.24) is 0 Å². The predicted octanol–water partition coefficient (Wildman–Crippen LogP) is 2.59. The molecule has 100 valence electrons. The van der Waals surface area contributed by atoms with E-state index in [4.69, 9.17) is 10.00 Å². The van der Waals surface area contributed by atoms with Crippen molar-refractivity contribution in [2.24, 2.45) is 0 Å². The highest BCUT2D eigenvalue weighted by Crippen LogP contribution is 2.35. The minimum absolute atomic E-state index is 0.00924. The molecule has 3 nitrogen and oxygen atoms in total. The molecule has 19 heavy (non-hydrogen) atoms. The molecule has 1 aromatic rings. The van der Waals surface area contributed by atoms with Gasteiger partial charge in [-0.3, -0.25) is 0 Å². The topological polar surface area (TPSA) is 36.3 Å². The van der Waals surface area contributed by atoms with Gasteiger partial charge in [-0.15, -0.1) is 0 Å². The summed E-state index contributed by atoms with van der Waals surface area (Å²) in [7, 11) is 0. The fourth-order valence-corrected chi connectivity index (χ4v) is 3.11. The summed E-state index contributed by atoms with van der Waals surface area (Å²) in [5.74, 6) is -1.33. The molecule has 1 heterocycles. The molecule has 2 unspecified atom stereocenters. The summed E-state index contributed by atoms with van der Waals surface area (Å²) in [4.78, 5) is 1.77. The second-order valence-electron chi connectivity index (χ2n) is 5.00. The average molecular weight is 264 g/mol. The van der Waals surface area contributed by atoms with E-state index in [2.05, 4.69) is 0 Å². The van der Waals surface area contributed by atoms with Crippen LogP contribution >= 0.6 is 0 Å². The van der Waals surface area contributed by atoms with Gasteiger partial charge in [0.1, 0.15) is 5.69 Å². The Morgan fingerprint density at radius 2 is 2.00 bits per heavy atom. The molecule has 0 aromatic heterocycles. The van der Waals surface area contributed by atoms with Crippen molar-refractivity contribution < 1.29 is 13.5 Å². The normalized spacial score (nSPS) is 26.1. The zero-order valence-corrected chi connectivity index (χ0v) is 10.4. The van der Waals surface area contributed by atoms with Crippen LogP contribution in [0, 0.1) is 23.0 Å². The fraction of sp³-hybridized carbons (Fsp3) is 0.500. The van der Waals surface area contributed by atoms with Gasteiger partial charge in [0.15, 0.2) is 11.6 Å². The van der Waals surface area contributed by atoms with Crippen LogP contribution in [0.5, 0.6) is 0 Å². The lowest BCUT2D eigenvalue weighted by atomic mass is 10.1. The molecule has 2 fully saturated rings. The largest absolute Gasteiger partial charge is 0.374 e. The Bertz CT molecular complexity index is 518. The van der Waals surface area contributed by atoms with Crippen LogP contribution in [0.25, 0.3) is 0 Å². The summed E-state index contributed by atoms with van der Waals surface area (Å²) in [6.45, 7) is 0.973. The van der Waals surface area contributed by atoms with Gasteiger partial charge in [-0.25, -0.2) is 8.78 Å². The van der Waals surface area contributed by atoms with E-state index in [1.807, 2.05) is 0 Å². The maximum atomic E-state index is 14.1. The number of rotatable bonds is 1. The monoisotopic (exact) mass is 264 g/mol. The van der Waals surface area contributed by atoms with Gasteiger partial charge < -0.3 is 9.64 Å². The first kappa shape index (κ1) is 12.4. The first-order chi connectivity index (χ1) is 9.20. The standard InChI is InChI=1S/C14H14F2N2O/c15-10-6-9(8-17)7-11(16)14(10)18-4-5-19-13-3-1-2-12(13)18/h6-7,12-13H,1-5H2. The Kier molecular flexibility index (Phi) is 3.11. The number of benzene rings is 1. The quantitative estimate of drug-likeness (QED) is 0.782. The summed E-state index contributed by atoms with van der Waals surface area (Å²) in [6.07, 6.45) is 2.93. The maximum absolute atomic E-state index is 14.1. The van der Waals surface area contributed by atoms with Crippen LogP contribution in [-0.4, -0.2) is 25.3 Å². The SMILES string of the molecule is N#Cc1cc(F)c(N2CCOC3CCCC32)c(F)c1. The molecule has 0 spiro atoms. The van der Waals surface area contributed by atoms with Gasteiger partial charge in [0.05, 0.1) is 30.4 Å². The maximum Gasteiger partial charge on any atom is 0.150 e. The van der Waals surface area contributed by atoms with Gasteiger partial charge in [0.2, 0.25) is 0 Å². The second kappa shape index (κ2) is 4.78. The summed E-state index contributed by atoms with van der Waals surface area (Å²) in [6, 6.07) is 4.00. The molecule has 1 aliphatic heterocycles. The number of hydrogen-bond donors (Lipinski definition) is 0. The Hall–Kier alpha value is -1.67. The lowest BCUT2D eigenvalue weighted by Crippen LogP contribution is -2.49. The van der Waals surface area contributed by atoms with Crippen molar-refractivity contribution in [3.05, 3.63) is 29.3 Å². The van der Waals surface area contributed by atoms with E-state index in [1.54, 1.807) is 11.0 Å². The highest BCUT2D eigenvalue weighted by molar-refractivity contribution is 5.54. The third-order valence-electron chi connectivity index (χ3n) is 3.92. The van der Waals surface area contributed by atoms with E-state index in [0.717, 1.165) is 31.4 Å². The van der Waals surface area contributed by atoms with E-state index in [9.17, 15) is 8.78 Å². The van der Waals surface area contributed by atoms with Gasteiger partial charge in [-0.1, -0.05) is 0 Å². The molecular formula is C14H14F2N2O. The van der Waals surface area contributed by atoms with Crippen LogP contribution < -0.4 is 4.90 Å². The third-order valence-corrected chi connectivity index (χ3v) is 3.92. The first-order valence-electron chi connectivity index (χ1n) is 6.48. The lowest BCUT2D eigenvalue weighted by molar-refractivity contribution is 0.0251. The molecule has 1 saturated carbocycles. The highest BCUT2D eigenvalue weighted by atomic mass is 19.1. The van der Waals surface area contributed by atoms with Crippen LogP contribution in [0.15, 0.2) is 12.1 Å². The van der Waals surface area contributed by atoms with Crippen molar-refractivity contribution in [2.45, 2.75) is 31.4 Å². The number of anilines is 1. The number of morpholine rings is 1. The molecule has 1 aliphatic carbocycles. The highest BCUT2D eigenvalue weighted by Gasteiger charge is 2.38. The van der Waals surface area contributed by atoms with Crippen LogP contribution in [0.3, 0.4) is 0 Å². The van der Waals surface area contributed by atoms with Gasteiger partial charge >= 0.3 is 0 Å². The molecular weight excluding hydrogens is 250 g/mol. The Morgan fingerprint density at radius 1 is 1.26 bits per heavy atom. The number of ether oxygens (including phenoxy) is 1. The van der Waals surface area contributed by atoms with E-state index in [0.29, 0.717) is 13.2 Å². The van der Waals surface area contributed by atoms with Crippen molar-refractivity contribution in [3.8, 4) is 6.07 Å². The molecule has 1 aromatic carbocycles. The number of halogens is 2. The van der Waals surface area contributed by atoms with Crippen molar-refractivity contribution >= 4 is 5.69 Å². The first-order valence-corrected chi connectivity index (χ1v) is 6.48. The van der Waals surface area contributed by atoms with E-state index in [1.165, 1.54) is 0 Å².